The first-order valence-corrected chi connectivity index (χ1v) is 7.50. The Morgan fingerprint density at radius 2 is 1.79 bits per heavy atom. The predicted octanol–water partition coefficient (Wildman–Crippen LogP) is 4.31. The molecule has 0 spiro atoms. The second-order valence-electron chi connectivity index (χ2n) is 5.22. The highest BCUT2D eigenvalue weighted by Gasteiger charge is 2.11. The van der Waals surface area contributed by atoms with Gasteiger partial charge in [0.05, 0.1) is 18.7 Å². The van der Waals surface area contributed by atoms with Crippen molar-refractivity contribution in [3.05, 3.63) is 53.6 Å². The summed E-state index contributed by atoms with van der Waals surface area (Å²) in [6, 6.07) is 11.8. The Morgan fingerprint density at radius 3 is 2.54 bits per heavy atom. The average Bonchev–Trinajstić information content (AvgIpc) is 2.53. The van der Waals surface area contributed by atoms with Gasteiger partial charge in [0.25, 0.3) is 0 Å². The zero-order valence-corrected chi connectivity index (χ0v) is 13.5. The number of nitrogens with one attached hydrogen (secondary N) is 1. The van der Waals surface area contributed by atoms with Crippen molar-refractivity contribution in [3.63, 3.8) is 0 Å². The molecule has 0 aliphatic carbocycles. The molecule has 2 aromatic carbocycles. The molecule has 4 nitrogen and oxygen atoms in total. The van der Waals surface area contributed by atoms with E-state index in [1.807, 2.05) is 32.0 Å². The number of hydrogen-bond donors (Lipinski definition) is 1. The maximum atomic E-state index is 12.3. The van der Waals surface area contributed by atoms with Crippen LogP contribution >= 0.6 is 0 Å². The normalized spacial score (nSPS) is 10.5. The SMILES string of the molecule is Cc1cccc(OCCC(=O)Nc2ccccc2OC(F)F)c1C. The van der Waals surface area contributed by atoms with Crippen molar-refractivity contribution in [3.8, 4) is 11.5 Å². The van der Waals surface area contributed by atoms with Crippen molar-refractivity contribution in [2.75, 3.05) is 11.9 Å². The number of halogens is 2. The smallest absolute Gasteiger partial charge is 0.387 e. The molecule has 0 saturated carbocycles. The summed E-state index contributed by atoms with van der Waals surface area (Å²) in [5.41, 5.74) is 2.33. The molecular weight excluding hydrogens is 316 g/mol. The van der Waals surface area contributed by atoms with Gasteiger partial charge in [0, 0.05) is 0 Å². The number of hydrogen-bond acceptors (Lipinski definition) is 3. The lowest BCUT2D eigenvalue weighted by molar-refractivity contribution is -0.116. The zero-order chi connectivity index (χ0) is 17.5. The molecule has 128 valence electrons. The van der Waals surface area contributed by atoms with Gasteiger partial charge in [0.1, 0.15) is 11.5 Å². The van der Waals surface area contributed by atoms with E-state index in [0.29, 0.717) is 0 Å². The van der Waals surface area contributed by atoms with E-state index in [9.17, 15) is 13.6 Å². The van der Waals surface area contributed by atoms with E-state index >= 15 is 0 Å². The summed E-state index contributed by atoms with van der Waals surface area (Å²) in [6.45, 7) is 1.17. The van der Waals surface area contributed by atoms with E-state index < -0.39 is 6.61 Å². The fourth-order valence-electron chi connectivity index (χ4n) is 2.12. The van der Waals surface area contributed by atoms with Crippen molar-refractivity contribution in [2.24, 2.45) is 0 Å². The highest BCUT2D eigenvalue weighted by Crippen LogP contribution is 2.25. The van der Waals surface area contributed by atoms with Gasteiger partial charge in [0.15, 0.2) is 0 Å². The molecule has 6 heteroatoms. The lowest BCUT2D eigenvalue weighted by Gasteiger charge is -2.13. The number of alkyl halides is 2. The molecule has 0 bridgehead atoms. The summed E-state index contributed by atoms with van der Waals surface area (Å²) >= 11 is 0. The molecule has 1 amide bonds. The number of carbonyl (C=O) groups excluding carboxylic acids is 1. The zero-order valence-electron chi connectivity index (χ0n) is 13.5. The third kappa shape index (κ3) is 4.94. The summed E-state index contributed by atoms with van der Waals surface area (Å²) in [5, 5.41) is 2.55. The van der Waals surface area contributed by atoms with Crippen LogP contribution in [-0.2, 0) is 4.79 Å². The van der Waals surface area contributed by atoms with E-state index in [1.165, 1.54) is 12.1 Å². The molecule has 0 heterocycles. The first kappa shape index (κ1) is 17.7. The lowest BCUT2D eigenvalue weighted by atomic mass is 10.1. The Bertz CT molecular complexity index is 704. The molecule has 0 fully saturated rings. The number of aryl methyl sites for hydroxylation is 1. The average molecular weight is 335 g/mol. The maximum absolute atomic E-state index is 12.3. The van der Waals surface area contributed by atoms with Crippen LogP contribution in [-0.4, -0.2) is 19.1 Å². The first-order valence-electron chi connectivity index (χ1n) is 7.50. The third-order valence-electron chi connectivity index (χ3n) is 3.52. The monoisotopic (exact) mass is 335 g/mol. The number of anilines is 1. The highest BCUT2D eigenvalue weighted by atomic mass is 19.3. The highest BCUT2D eigenvalue weighted by molar-refractivity contribution is 5.92. The van der Waals surface area contributed by atoms with Gasteiger partial charge in [0.2, 0.25) is 5.91 Å². The Hall–Kier alpha value is -2.63. The summed E-state index contributed by atoms with van der Waals surface area (Å²) < 4.78 is 34.7. The van der Waals surface area contributed by atoms with Crippen LogP contribution in [0, 0.1) is 13.8 Å². The van der Waals surface area contributed by atoms with Gasteiger partial charge in [-0.1, -0.05) is 24.3 Å². The Morgan fingerprint density at radius 1 is 1.08 bits per heavy atom. The number of carbonyl (C=O) groups is 1. The van der Waals surface area contributed by atoms with Crippen molar-refractivity contribution < 1.29 is 23.0 Å². The molecule has 1 N–H and O–H groups in total. The minimum atomic E-state index is -2.95. The molecule has 0 aliphatic heterocycles. The van der Waals surface area contributed by atoms with Gasteiger partial charge in [-0.3, -0.25) is 4.79 Å². The molecule has 0 saturated heterocycles. The van der Waals surface area contributed by atoms with E-state index in [2.05, 4.69) is 10.1 Å². The van der Waals surface area contributed by atoms with Crippen LogP contribution in [0.4, 0.5) is 14.5 Å². The summed E-state index contributed by atoms with van der Waals surface area (Å²) in [5.74, 6) is 0.311. The van der Waals surface area contributed by atoms with E-state index in [0.717, 1.165) is 16.9 Å². The standard InChI is InChI=1S/C18H19F2NO3/c1-12-6-5-9-15(13(12)2)23-11-10-17(22)21-14-7-3-4-8-16(14)24-18(19)20/h3-9,18H,10-11H2,1-2H3,(H,21,22). The van der Waals surface area contributed by atoms with Gasteiger partial charge < -0.3 is 14.8 Å². The molecule has 2 rings (SSSR count). The fourth-order valence-corrected chi connectivity index (χ4v) is 2.12. The number of amides is 1. The van der Waals surface area contributed by atoms with Gasteiger partial charge >= 0.3 is 6.61 Å². The summed E-state index contributed by atoms with van der Waals surface area (Å²) in [7, 11) is 0. The van der Waals surface area contributed by atoms with Crippen molar-refractivity contribution in [1.29, 1.82) is 0 Å². The molecule has 24 heavy (non-hydrogen) atoms. The van der Waals surface area contributed by atoms with Crippen LogP contribution in [0.15, 0.2) is 42.5 Å². The Balaban J connectivity index is 1.89. The lowest BCUT2D eigenvalue weighted by Crippen LogP contribution is -2.16. The summed E-state index contributed by atoms with van der Waals surface area (Å²) in [6.07, 6.45) is 0.0936. The molecule has 0 atom stereocenters. The quantitative estimate of drug-likeness (QED) is 0.820. The molecule has 0 unspecified atom stereocenters. The van der Waals surface area contributed by atoms with Gasteiger partial charge in [-0.05, 0) is 43.2 Å². The number of ether oxygens (including phenoxy) is 2. The van der Waals surface area contributed by atoms with Crippen LogP contribution < -0.4 is 14.8 Å². The Labute approximate surface area is 139 Å². The molecule has 0 radical (unpaired) electrons. The summed E-state index contributed by atoms with van der Waals surface area (Å²) in [4.78, 5) is 12.0. The third-order valence-corrected chi connectivity index (χ3v) is 3.52. The van der Waals surface area contributed by atoms with Gasteiger partial charge in [-0.15, -0.1) is 0 Å². The van der Waals surface area contributed by atoms with E-state index in [1.54, 1.807) is 12.1 Å². The number of benzene rings is 2. The molecule has 0 aromatic heterocycles. The van der Waals surface area contributed by atoms with E-state index in [-0.39, 0.29) is 30.4 Å². The van der Waals surface area contributed by atoms with Crippen LogP contribution in [0.25, 0.3) is 0 Å². The van der Waals surface area contributed by atoms with Crippen molar-refractivity contribution >= 4 is 11.6 Å². The Kier molecular flexibility index (Phi) is 6.12. The van der Waals surface area contributed by atoms with Crippen LogP contribution in [0.1, 0.15) is 17.5 Å². The molecule has 2 aromatic rings. The second kappa shape index (κ2) is 8.29. The number of para-hydroxylation sites is 2. The second-order valence-corrected chi connectivity index (χ2v) is 5.22. The minimum Gasteiger partial charge on any atom is -0.493 e. The van der Waals surface area contributed by atoms with Gasteiger partial charge in [-0.25, -0.2) is 0 Å². The van der Waals surface area contributed by atoms with Crippen LogP contribution in [0.5, 0.6) is 11.5 Å². The number of rotatable bonds is 7. The largest absolute Gasteiger partial charge is 0.493 e. The van der Waals surface area contributed by atoms with Crippen molar-refractivity contribution in [1.82, 2.24) is 0 Å². The van der Waals surface area contributed by atoms with E-state index in [4.69, 9.17) is 4.74 Å². The minimum absolute atomic E-state index is 0.0729. The fraction of sp³-hybridized carbons (Fsp3) is 0.278. The topological polar surface area (TPSA) is 47.6 Å². The van der Waals surface area contributed by atoms with Crippen LogP contribution in [0.3, 0.4) is 0 Å². The molecule has 0 aliphatic rings. The first-order chi connectivity index (χ1) is 11.5. The van der Waals surface area contributed by atoms with Crippen molar-refractivity contribution in [2.45, 2.75) is 26.9 Å². The van der Waals surface area contributed by atoms with Crippen LogP contribution in [0.2, 0.25) is 0 Å². The molecular formula is C18H19F2NO3. The van der Waals surface area contributed by atoms with Gasteiger partial charge in [-0.2, -0.15) is 8.78 Å². The predicted molar refractivity (Wildman–Crippen MR) is 87.7 cm³/mol. The maximum Gasteiger partial charge on any atom is 0.387 e.